The van der Waals surface area contributed by atoms with Crippen LogP contribution < -0.4 is 0 Å². The van der Waals surface area contributed by atoms with Gasteiger partial charge in [-0.2, -0.15) is 25.3 Å². The van der Waals surface area contributed by atoms with Gasteiger partial charge in [-0.1, -0.05) is 30.3 Å². The second-order valence-corrected chi connectivity index (χ2v) is 3.20. The molecule has 0 heterocycles. The number of hydrogen-bond donors (Lipinski definition) is 2. The molecule has 0 aliphatic rings. The smallest absolute Gasteiger partial charge is 0.00147 e. The molecule has 2 heteroatoms. The number of benzene rings is 1. The van der Waals surface area contributed by atoms with Gasteiger partial charge in [0.2, 0.25) is 0 Å². The van der Waals surface area contributed by atoms with Crippen molar-refractivity contribution in [3.05, 3.63) is 35.9 Å². The molecule has 0 amide bonds. The van der Waals surface area contributed by atoms with Crippen LogP contribution >= 0.6 is 25.3 Å². The molecule has 1 rings (SSSR count). The van der Waals surface area contributed by atoms with Gasteiger partial charge in [0, 0.05) is 5.92 Å². The first kappa shape index (κ1) is 9.01. The third kappa shape index (κ3) is 2.46. The van der Waals surface area contributed by atoms with Crippen molar-refractivity contribution in [1.29, 1.82) is 0 Å². The first-order chi connectivity index (χ1) is 5.38. The van der Waals surface area contributed by atoms with Crippen molar-refractivity contribution in [2.45, 2.75) is 5.92 Å². The Morgan fingerprint density at radius 2 is 1.55 bits per heavy atom. The second kappa shape index (κ2) is 4.73. The second-order valence-electron chi connectivity index (χ2n) is 2.47. The summed E-state index contributed by atoms with van der Waals surface area (Å²) in [4.78, 5) is 0. The quantitative estimate of drug-likeness (QED) is 0.663. The molecule has 0 unspecified atom stereocenters. The van der Waals surface area contributed by atoms with Crippen LogP contribution in [0.1, 0.15) is 11.5 Å². The minimum atomic E-state index is 0.489. The molecule has 0 aliphatic carbocycles. The zero-order chi connectivity index (χ0) is 8.10. The number of hydrogen-bond acceptors (Lipinski definition) is 2. The molecule has 11 heavy (non-hydrogen) atoms. The topological polar surface area (TPSA) is 0 Å². The van der Waals surface area contributed by atoms with Crippen molar-refractivity contribution in [3.63, 3.8) is 0 Å². The molecule has 0 N–H and O–H groups in total. The molecule has 0 nitrogen and oxygen atoms in total. The zero-order valence-corrected chi connectivity index (χ0v) is 8.06. The summed E-state index contributed by atoms with van der Waals surface area (Å²) in [7, 11) is 0. The summed E-state index contributed by atoms with van der Waals surface area (Å²) in [5, 5.41) is 0. The molecule has 0 bridgehead atoms. The molecule has 1 aromatic carbocycles. The molecule has 60 valence electrons. The van der Waals surface area contributed by atoms with Gasteiger partial charge in [-0.25, -0.2) is 0 Å². The highest BCUT2D eigenvalue weighted by molar-refractivity contribution is 7.81. The van der Waals surface area contributed by atoms with Gasteiger partial charge >= 0.3 is 0 Å². The number of rotatable bonds is 3. The average Bonchev–Trinajstić information content (AvgIpc) is 2.09. The Balaban J connectivity index is 2.74. The van der Waals surface area contributed by atoms with E-state index >= 15 is 0 Å². The predicted molar refractivity (Wildman–Crippen MR) is 56.9 cm³/mol. The molecule has 1 aromatic rings. The summed E-state index contributed by atoms with van der Waals surface area (Å²) in [5.41, 5.74) is 1.33. The van der Waals surface area contributed by atoms with Crippen molar-refractivity contribution in [2.75, 3.05) is 11.5 Å². The molecule has 0 radical (unpaired) electrons. The van der Waals surface area contributed by atoms with Gasteiger partial charge in [0.25, 0.3) is 0 Å². The van der Waals surface area contributed by atoms with Gasteiger partial charge in [-0.05, 0) is 17.1 Å². The lowest BCUT2D eigenvalue weighted by Crippen LogP contribution is -2.01. The maximum absolute atomic E-state index is 4.26. The van der Waals surface area contributed by atoms with E-state index in [0.29, 0.717) is 5.92 Å². The molecule has 0 saturated heterocycles. The Morgan fingerprint density at radius 3 is 2.00 bits per heavy atom. The Hall–Kier alpha value is -0.0800. The van der Waals surface area contributed by atoms with Crippen LogP contribution in [0.2, 0.25) is 0 Å². The van der Waals surface area contributed by atoms with Crippen LogP contribution in [-0.4, -0.2) is 11.5 Å². The van der Waals surface area contributed by atoms with E-state index in [2.05, 4.69) is 49.5 Å². The van der Waals surface area contributed by atoms with Crippen LogP contribution in [0.25, 0.3) is 0 Å². The summed E-state index contributed by atoms with van der Waals surface area (Å²) in [5.74, 6) is 2.23. The molecule has 0 atom stereocenters. The summed E-state index contributed by atoms with van der Waals surface area (Å²) < 4.78 is 0. The van der Waals surface area contributed by atoms with Crippen LogP contribution in [0.5, 0.6) is 0 Å². The summed E-state index contributed by atoms with van der Waals surface area (Å²) in [6.45, 7) is 0. The number of thiol groups is 2. The van der Waals surface area contributed by atoms with Crippen LogP contribution in [0.4, 0.5) is 0 Å². The molecular formula is C9H12S2. The summed E-state index contributed by atoms with van der Waals surface area (Å²) in [6.07, 6.45) is 0. The van der Waals surface area contributed by atoms with E-state index < -0.39 is 0 Å². The average molecular weight is 184 g/mol. The summed E-state index contributed by atoms with van der Waals surface area (Å²) in [6, 6.07) is 10.4. The first-order valence-electron chi connectivity index (χ1n) is 3.65. The fraction of sp³-hybridized carbons (Fsp3) is 0.333. The maximum Gasteiger partial charge on any atom is 0.00147 e. The van der Waals surface area contributed by atoms with Crippen LogP contribution in [-0.2, 0) is 0 Å². The highest BCUT2D eigenvalue weighted by Gasteiger charge is 2.05. The normalized spacial score (nSPS) is 10.5. The van der Waals surface area contributed by atoms with Crippen molar-refractivity contribution in [1.82, 2.24) is 0 Å². The molecular weight excluding hydrogens is 172 g/mol. The van der Waals surface area contributed by atoms with Crippen molar-refractivity contribution < 1.29 is 0 Å². The zero-order valence-electron chi connectivity index (χ0n) is 6.27. The molecule has 0 aromatic heterocycles. The van der Waals surface area contributed by atoms with E-state index in [4.69, 9.17) is 0 Å². The lowest BCUT2D eigenvalue weighted by Gasteiger charge is -2.10. The largest absolute Gasteiger partial charge is 0.179 e. The fourth-order valence-corrected chi connectivity index (χ4v) is 1.88. The third-order valence-electron chi connectivity index (χ3n) is 1.71. The highest BCUT2D eigenvalue weighted by Crippen LogP contribution is 2.17. The van der Waals surface area contributed by atoms with E-state index in [1.807, 2.05) is 6.07 Å². The summed E-state index contributed by atoms with van der Waals surface area (Å²) >= 11 is 8.52. The minimum absolute atomic E-state index is 0.489. The van der Waals surface area contributed by atoms with Gasteiger partial charge < -0.3 is 0 Å². The Morgan fingerprint density at radius 1 is 1.00 bits per heavy atom. The van der Waals surface area contributed by atoms with Gasteiger partial charge in [-0.3, -0.25) is 0 Å². The van der Waals surface area contributed by atoms with Crippen LogP contribution in [0, 0.1) is 0 Å². The monoisotopic (exact) mass is 184 g/mol. The van der Waals surface area contributed by atoms with Crippen LogP contribution in [0.3, 0.4) is 0 Å². The fourth-order valence-electron chi connectivity index (χ4n) is 0.994. The van der Waals surface area contributed by atoms with Gasteiger partial charge in [0.15, 0.2) is 0 Å². The lowest BCUT2D eigenvalue weighted by molar-refractivity contribution is 0.902. The third-order valence-corrected chi connectivity index (χ3v) is 2.59. The van der Waals surface area contributed by atoms with Crippen molar-refractivity contribution in [3.8, 4) is 0 Å². The molecule has 0 aliphatic heterocycles. The standard InChI is InChI=1S/C9H12S2/c10-6-9(7-11)8-4-2-1-3-5-8/h1-5,9-11H,6-7H2. The van der Waals surface area contributed by atoms with E-state index in [9.17, 15) is 0 Å². The van der Waals surface area contributed by atoms with Gasteiger partial charge in [-0.15, -0.1) is 0 Å². The lowest BCUT2D eigenvalue weighted by atomic mass is 10.0. The van der Waals surface area contributed by atoms with Crippen LogP contribution in [0.15, 0.2) is 30.3 Å². The Labute approximate surface area is 78.8 Å². The molecule has 0 spiro atoms. The molecule has 0 saturated carbocycles. The minimum Gasteiger partial charge on any atom is -0.179 e. The Kier molecular flexibility index (Phi) is 3.87. The van der Waals surface area contributed by atoms with E-state index in [-0.39, 0.29) is 0 Å². The van der Waals surface area contributed by atoms with Crippen molar-refractivity contribution >= 4 is 25.3 Å². The van der Waals surface area contributed by atoms with E-state index in [1.165, 1.54) is 5.56 Å². The van der Waals surface area contributed by atoms with Gasteiger partial charge in [0.05, 0.1) is 0 Å². The van der Waals surface area contributed by atoms with Crippen molar-refractivity contribution in [2.24, 2.45) is 0 Å². The SMILES string of the molecule is SCC(CS)c1ccccc1. The molecule has 0 fully saturated rings. The van der Waals surface area contributed by atoms with E-state index in [0.717, 1.165) is 11.5 Å². The van der Waals surface area contributed by atoms with Gasteiger partial charge in [0.1, 0.15) is 0 Å². The maximum atomic E-state index is 4.26. The predicted octanol–water partition coefficient (Wildman–Crippen LogP) is 2.63. The van der Waals surface area contributed by atoms with E-state index in [1.54, 1.807) is 0 Å². The highest BCUT2D eigenvalue weighted by atomic mass is 32.1. The first-order valence-corrected chi connectivity index (χ1v) is 4.91. The Bertz CT molecular complexity index is 192.